The first-order chi connectivity index (χ1) is 10.8. The fourth-order valence-corrected chi connectivity index (χ4v) is 2.63. The van der Waals surface area contributed by atoms with E-state index in [9.17, 15) is 0 Å². The molecule has 1 fully saturated rings. The van der Waals surface area contributed by atoms with Crippen LogP contribution in [0.15, 0.2) is 35.3 Å². The van der Waals surface area contributed by atoms with Gasteiger partial charge in [-0.25, -0.2) is 0 Å². The average molecular weight is 432 g/mol. The topological polar surface area (TPSA) is 62.9 Å². The van der Waals surface area contributed by atoms with Crippen LogP contribution in [0.1, 0.15) is 31.4 Å². The molecule has 0 radical (unpaired) electrons. The molecule has 1 heterocycles. The van der Waals surface area contributed by atoms with Gasteiger partial charge in [0.1, 0.15) is 0 Å². The zero-order chi connectivity index (χ0) is 15.6. The van der Waals surface area contributed by atoms with E-state index in [1.54, 1.807) is 0 Å². The maximum atomic E-state index is 5.97. The van der Waals surface area contributed by atoms with E-state index in [1.165, 1.54) is 5.56 Å². The van der Waals surface area contributed by atoms with E-state index in [0.29, 0.717) is 12.5 Å². The lowest BCUT2D eigenvalue weighted by molar-refractivity contribution is 0.0180. The molecule has 1 unspecified atom stereocenters. The monoisotopic (exact) mass is 432 g/mol. The first-order valence-electron chi connectivity index (χ1n) is 8.21. The molecule has 0 spiro atoms. The number of guanidine groups is 1. The minimum Gasteiger partial charge on any atom is -0.379 e. The molecule has 2 rings (SSSR count). The van der Waals surface area contributed by atoms with Gasteiger partial charge in [0.2, 0.25) is 0 Å². The van der Waals surface area contributed by atoms with Crippen LogP contribution in [0.2, 0.25) is 0 Å². The summed E-state index contributed by atoms with van der Waals surface area (Å²) in [6, 6.07) is 10.8. The van der Waals surface area contributed by atoms with E-state index in [-0.39, 0.29) is 30.0 Å². The van der Waals surface area contributed by atoms with Gasteiger partial charge in [-0.15, -0.1) is 24.0 Å². The van der Waals surface area contributed by atoms with E-state index >= 15 is 0 Å². The van der Waals surface area contributed by atoms with Gasteiger partial charge in [0, 0.05) is 19.6 Å². The molecule has 1 aliphatic rings. The maximum absolute atomic E-state index is 5.97. The third-order valence-electron chi connectivity index (χ3n) is 3.94. The number of rotatable bonds is 7. The highest BCUT2D eigenvalue weighted by Gasteiger charge is 2.22. The molecule has 3 N–H and O–H groups in total. The summed E-state index contributed by atoms with van der Waals surface area (Å²) in [5.41, 5.74) is 7.25. The van der Waals surface area contributed by atoms with Gasteiger partial charge in [-0.2, -0.15) is 0 Å². The van der Waals surface area contributed by atoms with Crippen LogP contribution in [0.3, 0.4) is 0 Å². The molecule has 1 aromatic carbocycles. The zero-order valence-corrected chi connectivity index (χ0v) is 16.2. The molecule has 130 valence electrons. The van der Waals surface area contributed by atoms with Crippen molar-refractivity contribution >= 4 is 29.9 Å². The van der Waals surface area contributed by atoms with Gasteiger partial charge < -0.3 is 15.8 Å². The quantitative estimate of drug-likeness (QED) is 0.301. The van der Waals surface area contributed by atoms with Gasteiger partial charge in [0.15, 0.2) is 5.96 Å². The first-order valence-corrected chi connectivity index (χ1v) is 8.21. The van der Waals surface area contributed by atoms with Crippen molar-refractivity contribution in [1.82, 2.24) is 10.2 Å². The lowest BCUT2D eigenvalue weighted by Gasteiger charge is -2.34. The molecule has 0 aromatic heterocycles. The van der Waals surface area contributed by atoms with E-state index < -0.39 is 0 Å². The second-order valence-corrected chi connectivity index (χ2v) is 5.58. The third kappa shape index (κ3) is 7.05. The van der Waals surface area contributed by atoms with Crippen LogP contribution >= 0.6 is 24.0 Å². The molecule has 0 saturated carbocycles. The summed E-state index contributed by atoms with van der Waals surface area (Å²) >= 11 is 0. The number of nitrogens with two attached hydrogens (primary N) is 1. The van der Waals surface area contributed by atoms with Crippen LogP contribution in [0.4, 0.5) is 0 Å². The molecule has 0 bridgehead atoms. The molecule has 0 aliphatic carbocycles. The number of aliphatic imine (C=N–C) groups is 1. The van der Waals surface area contributed by atoms with Crippen molar-refractivity contribution in [3.63, 3.8) is 0 Å². The Balaban J connectivity index is 0.00000264. The van der Waals surface area contributed by atoms with Crippen molar-refractivity contribution < 1.29 is 4.74 Å². The largest absolute Gasteiger partial charge is 0.379 e. The van der Waals surface area contributed by atoms with Crippen molar-refractivity contribution in [1.29, 1.82) is 0 Å². The fraction of sp³-hybridized carbons (Fsp3) is 0.588. The predicted molar refractivity (Wildman–Crippen MR) is 106 cm³/mol. The molecule has 1 aromatic rings. The molecule has 23 heavy (non-hydrogen) atoms. The molecular weight excluding hydrogens is 403 g/mol. The van der Waals surface area contributed by atoms with Crippen molar-refractivity contribution in [2.45, 2.75) is 25.8 Å². The van der Waals surface area contributed by atoms with Crippen LogP contribution in [0.25, 0.3) is 0 Å². The highest BCUT2D eigenvalue weighted by Crippen LogP contribution is 2.22. The summed E-state index contributed by atoms with van der Waals surface area (Å²) in [5, 5.41) is 3.18. The summed E-state index contributed by atoms with van der Waals surface area (Å²) in [6.45, 7) is 7.19. The number of nitrogens with zero attached hydrogens (tertiary/aromatic N) is 2. The Labute approximate surface area is 156 Å². The third-order valence-corrected chi connectivity index (χ3v) is 3.94. The van der Waals surface area contributed by atoms with Crippen LogP contribution in [0, 0.1) is 0 Å². The normalized spacial score (nSPS) is 17.3. The molecule has 5 nitrogen and oxygen atoms in total. The summed E-state index contributed by atoms with van der Waals surface area (Å²) in [5.74, 6) is 0.544. The van der Waals surface area contributed by atoms with Crippen molar-refractivity contribution in [3.05, 3.63) is 35.9 Å². The fourth-order valence-electron chi connectivity index (χ4n) is 2.63. The van der Waals surface area contributed by atoms with Crippen molar-refractivity contribution in [3.8, 4) is 0 Å². The molecule has 6 heteroatoms. The molecule has 1 atom stereocenters. The highest BCUT2D eigenvalue weighted by atomic mass is 127. The number of ether oxygens (including phenoxy) is 1. The number of hydrogen-bond donors (Lipinski definition) is 2. The van der Waals surface area contributed by atoms with E-state index in [4.69, 9.17) is 10.5 Å². The Hall–Kier alpha value is -0.860. The van der Waals surface area contributed by atoms with Crippen LogP contribution < -0.4 is 11.1 Å². The lowest BCUT2D eigenvalue weighted by atomic mass is 10.1. The smallest absolute Gasteiger partial charge is 0.188 e. The van der Waals surface area contributed by atoms with Gasteiger partial charge in [-0.05, 0) is 12.0 Å². The van der Waals surface area contributed by atoms with Crippen molar-refractivity contribution in [2.75, 3.05) is 39.4 Å². The number of nitrogens with one attached hydrogen (secondary N) is 1. The highest BCUT2D eigenvalue weighted by molar-refractivity contribution is 14.0. The molecule has 1 saturated heterocycles. The van der Waals surface area contributed by atoms with Crippen LogP contribution in [-0.4, -0.2) is 50.3 Å². The molecular formula is C17H29IN4O. The van der Waals surface area contributed by atoms with Gasteiger partial charge in [-0.1, -0.05) is 43.7 Å². The van der Waals surface area contributed by atoms with Gasteiger partial charge >= 0.3 is 0 Å². The zero-order valence-electron chi connectivity index (χ0n) is 13.9. The minimum atomic E-state index is 0. The second kappa shape index (κ2) is 11.6. The number of benzene rings is 1. The average Bonchev–Trinajstić information content (AvgIpc) is 2.57. The number of unbranched alkanes of at least 4 members (excludes halogenated alkanes) is 1. The van der Waals surface area contributed by atoms with Crippen molar-refractivity contribution in [2.24, 2.45) is 10.7 Å². The number of hydrogen-bond acceptors (Lipinski definition) is 3. The SMILES string of the molecule is CCCCNC(N)=NCC(c1ccccc1)N1CCOCC1.I. The number of halogens is 1. The summed E-state index contributed by atoms with van der Waals surface area (Å²) < 4.78 is 5.46. The van der Waals surface area contributed by atoms with E-state index in [2.05, 4.69) is 46.4 Å². The van der Waals surface area contributed by atoms with Crippen LogP contribution in [-0.2, 0) is 4.74 Å². The lowest BCUT2D eigenvalue weighted by Crippen LogP contribution is -2.41. The Kier molecular flexibility index (Phi) is 10.2. The molecule has 0 amide bonds. The van der Waals surface area contributed by atoms with E-state index in [0.717, 1.165) is 45.7 Å². The summed E-state index contributed by atoms with van der Waals surface area (Å²) in [7, 11) is 0. The Morgan fingerprint density at radius 3 is 2.65 bits per heavy atom. The van der Waals surface area contributed by atoms with Gasteiger partial charge in [-0.3, -0.25) is 9.89 Å². The number of morpholine rings is 1. The first kappa shape index (κ1) is 20.2. The summed E-state index contributed by atoms with van der Waals surface area (Å²) in [4.78, 5) is 6.98. The molecule has 1 aliphatic heterocycles. The Morgan fingerprint density at radius 2 is 2.00 bits per heavy atom. The van der Waals surface area contributed by atoms with E-state index in [1.807, 2.05) is 6.07 Å². The second-order valence-electron chi connectivity index (χ2n) is 5.58. The Morgan fingerprint density at radius 1 is 1.30 bits per heavy atom. The maximum Gasteiger partial charge on any atom is 0.188 e. The predicted octanol–water partition coefficient (Wildman–Crippen LogP) is 2.38. The van der Waals surface area contributed by atoms with Crippen LogP contribution in [0.5, 0.6) is 0 Å². The minimum absolute atomic E-state index is 0. The van der Waals surface area contributed by atoms with Gasteiger partial charge in [0.25, 0.3) is 0 Å². The standard InChI is InChI=1S/C17H28N4O.HI/c1-2-3-9-19-17(18)20-14-16(15-7-5-4-6-8-15)21-10-12-22-13-11-21;/h4-8,16H,2-3,9-14H2,1H3,(H3,18,19,20);1H. The summed E-state index contributed by atoms with van der Waals surface area (Å²) in [6.07, 6.45) is 2.27. The Bertz CT molecular complexity index is 449. The van der Waals surface area contributed by atoms with Gasteiger partial charge in [0.05, 0.1) is 25.8 Å².